The van der Waals surface area contributed by atoms with Crippen molar-refractivity contribution in [1.29, 1.82) is 0 Å². The van der Waals surface area contributed by atoms with Crippen LogP contribution in [0.2, 0.25) is 0 Å². The van der Waals surface area contributed by atoms with E-state index in [0.717, 1.165) is 35.5 Å². The van der Waals surface area contributed by atoms with E-state index in [9.17, 15) is 9.59 Å². The molecule has 0 aliphatic carbocycles. The zero-order valence-electron chi connectivity index (χ0n) is 19.1. The number of methoxy groups -OCH3 is 1. The number of carbonyl (C=O) groups is 2. The Bertz CT molecular complexity index is 922. The van der Waals surface area contributed by atoms with Gasteiger partial charge in [0.25, 0.3) is 11.8 Å². The molecule has 4 nitrogen and oxygen atoms in total. The molecule has 0 aromatic heterocycles. The van der Waals surface area contributed by atoms with Crippen molar-refractivity contribution in [2.75, 3.05) is 13.7 Å². The van der Waals surface area contributed by atoms with Gasteiger partial charge in [-0.15, -0.1) is 0 Å². The Balaban J connectivity index is 1.70. The van der Waals surface area contributed by atoms with Crippen LogP contribution in [0.3, 0.4) is 0 Å². The van der Waals surface area contributed by atoms with Gasteiger partial charge in [-0.3, -0.25) is 14.5 Å². The van der Waals surface area contributed by atoms with E-state index in [-0.39, 0.29) is 11.8 Å². The van der Waals surface area contributed by atoms with Crippen LogP contribution in [0, 0.1) is 0 Å². The maximum Gasteiger partial charge on any atom is 0.268 e. The molecule has 2 aromatic carbocycles. The smallest absolute Gasteiger partial charge is 0.268 e. The predicted molar refractivity (Wildman–Crippen MR) is 132 cm³/mol. The van der Waals surface area contributed by atoms with E-state index in [1.54, 1.807) is 7.11 Å². The maximum absolute atomic E-state index is 13.3. The summed E-state index contributed by atoms with van der Waals surface area (Å²) in [4.78, 5) is 29.5. The summed E-state index contributed by atoms with van der Waals surface area (Å²) >= 11 is 1.37. The number of unbranched alkanes of at least 4 members (excludes halogenated alkanes) is 7. The molecule has 5 heteroatoms. The van der Waals surface area contributed by atoms with Gasteiger partial charge in [0.1, 0.15) is 5.75 Å². The lowest BCUT2D eigenvalue weighted by Crippen LogP contribution is -2.32. The monoisotopic (exact) mass is 451 g/mol. The molecule has 2 amide bonds. The van der Waals surface area contributed by atoms with Gasteiger partial charge in [-0.2, -0.15) is 0 Å². The van der Waals surface area contributed by atoms with Crippen LogP contribution >= 0.6 is 11.8 Å². The second-order valence-corrected chi connectivity index (χ2v) is 9.17. The molecule has 0 radical (unpaired) electrons. The predicted octanol–water partition coefficient (Wildman–Crippen LogP) is 6.71. The first-order valence-corrected chi connectivity index (χ1v) is 12.4. The Labute approximate surface area is 196 Å². The molecule has 2 aromatic rings. The summed E-state index contributed by atoms with van der Waals surface area (Å²) in [5.41, 5.74) is 1.24. The van der Waals surface area contributed by atoms with Crippen molar-refractivity contribution in [3.63, 3.8) is 0 Å². The summed E-state index contributed by atoms with van der Waals surface area (Å²) in [5.74, 6) is 0.346. The van der Waals surface area contributed by atoms with Crippen molar-refractivity contribution in [2.45, 2.75) is 63.2 Å². The first kappa shape index (κ1) is 24.1. The molecule has 170 valence electrons. The summed E-state index contributed by atoms with van der Waals surface area (Å²) in [6, 6.07) is 17.1. The van der Waals surface area contributed by atoms with Gasteiger partial charge in [0.15, 0.2) is 0 Å². The molecule has 0 bridgehead atoms. The van der Waals surface area contributed by atoms with Crippen molar-refractivity contribution < 1.29 is 14.3 Å². The minimum absolute atomic E-state index is 0.183. The number of carbonyl (C=O) groups excluding carboxylic acids is 2. The topological polar surface area (TPSA) is 46.6 Å². The van der Waals surface area contributed by atoms with Gasteiger partial charge in [-0.25, -0.2) is 0 Å². The molecule has 1 heterocycles. The van der Waals surface area contributed by atoms with Gasteiger partial charge in [-0.05, 0) is 36.2 Å². The average Bonchev–Trinajstić information content (AvgIpc) is 3.05. The molecule has 0 unspecified atom stereocenters. The Morgan fingerprint density at radius 2 is 1.41 bits per heavy atom. The second kappa shape index (κ2) is 12.5. The molecule has 1 aliphatic heterocycles. The highest BCUT2D eigenvalue weighted by molar-refractivity contribution is 8.04. The van der Waals surface area contributed by atoms with Crippen LogP contribution in [0.15, 0.2) is 64.4 Å². The largest absolute Gasteiger partial charge is 0.497 e. The minimum atomic E-state index is -0.193. The van der Waals surface area contributed by atoms with Gasteiger partial charge in [0.2, 0.25) is 0 Å². The molecule has 3 rings (SSSR count). The fourth-order valence-corrected chi connectivity index (χ4v) is 4.91. The van der Waals surface area contributed by atoms with Gasteiger partial charge < -0.3 is 4.74 Å². The maximum atomic E-state index is 13.3. The van der Waals surface area contributed by atoms with E-state index in [4.69, 9.17) is 4.74 Å². The number of hydrogen-bond acceptors (Lipinski definition) is 4. The molecule has 0 spiro atoms. The van der Waals surface area contributed by atoms with Crippen molar-refractivity contribution in [3.05, 3.63) is 65.1 Å². The van der Waals surface area contributed by atoms with Crippen molar-refractivity contribution >= 4 is 29.1 Å². The Kier molecular flexibility index (Phi) is 9.42. The molecule has 0 atom stereocenters. The molecule has 0 fully saturated rings. The van der Waals surface area contributed by atoms with Crippen molar-refractivity contribution in [3.8, 4) is 5.75 Å². The molecule has 0 saturated carbocycles. The van der Waals surface area contributed by atoms with Gasteiger partial charge in [0, 0.05) is 11.4 Å². The number of benzene rings is 2. The highest BCUT2D eigenvalue weighted by Crippen LogP contribution is 2.40. The molecular weight excluding hydrogens is 418 g/mol. The highest BCUT2D eigenvalue weighted by atomic mass is 32.2. The van der Waals surface area contributed by atoms with Crippen LogP contribution in [-0.4, -0.2) is 30.4 Å². The zero-order chi connectivity index (χ0) is 22.8. The lowest BCUT2D eigenvalue weighted by Gasteiger charge is -2.15. The lowest BCUT2D eigenvalue weighted by atomic mass is 10.1. The van der Waals surface area contributed by atoms with Crippen LogP contribution in [0.1, 0.15) is 63.9 Å². The number of imide groups is 1. The second-order valence-electron chi connectivity index (χ2n) is 8.08. The fourth-order valence-electron chi connectivity index (χ4n) is 3.87. The number of rotatable bonds is 13. The first-order chi connectivity index (χ1) is 15.7. The van der Waals surface area contributed by atoms with Crippen LogP contribution < -0.4 is 4.74 Å². The summed E-state index contributed by atoms with van der Waals surface area (Å²) < 4.78 is 5.25. The average molecular weight is 452 g/mol. The van der Waals surface area contributed by atoms with E-state index in [1.165, 1.54) is 48.8 Å². The number of hydrogen-bond donors (Lipinski definition) is 0. The lowest BCUT2D eigenvalue weighted by molar-refractivity contribution is -0.136. The summed E-state index contributed by atoms with van der Waals surface area (Å²) in [6.07, 6.45) is 9.42. The quantitative estimate of drug-likeness (QED) is 0.251. The van der Waals surface area contributed by atoms with Crippen LogP contribution in [0.25, 0.3) is 5.57 Å². The van der Waals surface area contributed by atoms with E-state index in [2.05, 4.69) is 6.92 Å². The zero-order valence-corrected chi connectivity index (χ0v) is 20.0. The highest BCUT2D eigenvalue weighted by Gasteiger charge is 2.39. The molecule has 0 N–H and O–H groups in total. The minimum Gasteiger partial charge on any atom is -0.497 e. The van der Waals surface area contributed by atoms with Crippen molar-refractivity contribution in [2.24, 2.45) is 0 Å². The van der Waals surface area contributed by atoms with E-state index in [1.807, 2.05) is 54.6 Å². The number of nitrogens with zero attached hydrogens (tertiary/aromatic N) is 1. The SMILES string of the molecule is CCCCCCCCCCN1C(=O)C(Sc2ccccc2)=C(c2ccc(OC)cc2)C1=O. The van der Waals surface area contributed by atoms with Crippen molar-refractivity contribution in [1.82, 2.24) is 4.90 Å². The molecule has 32 heavy (non-hydrogen) atoms. The van der Waals surface area contributed by atoms with Gasteiger partial charge >= 0.3 is 0 Å². The van der Waals surface area contributed by atoms with Gasteiger partial charge in [0.05, 0.1) is 17.6 Å². The van der Waals surface area contributed by atoms with Crippen LogP contribution in [-0.2, 0) is 9.59 Å². The third-order valence-corrected chi connectivity index (χ3v) is 6.79. The summed E-state index contributed by atoms with van der Waals surface area (Å²) in [6.45, 7) is 2.70. The fraction of sp³-hybridized carbons (Fsp3) is 0.407. The summed E-state index contributed by atoms with van der Waals surface area (Å²) in [7, 11) is 1.61. The Morgan fingerprint density at radius 3 is 2.03 bits per heavy atom. The molecule has 0 saturated heterocycles. The Morgan fingerprint density at radius 1 is 0.781 bits per heavy atom. The van der Waals surface area contributed by atoms with Gasteiger partial charge in [-0.1, -0.05) is 94.0 Å². The van der Waals surface area contributed by atoms with E-state index < -0.39 is 0 Å². The third-order valence-electron chi connectivity index (χ3n) is 5.70. The molecule has 1 aliphatic rings. The van der Waals surface area contributed by atoms with E-state index >= 15 is 0 Å². The number of thioether (sulfide) groups is 1. The number of amides is 2. The molecular formula is C27H33NO3S. The third kappa shape index (κ3) is 6.26. The normalized spacial score (nSPS) is 13.9. The number of ether oxygens (including phenoxy) is 1. The Hall–Kier alpha value is -2.53. The van der Waals surface area contributed by atoms with Crippen LogP contribution in [0.4, 0.5) is 0 Å². The summed E-state index contributed by atoms with van der Waals surface area (Å²) in [5, 5.41) is 0. The standard InChI is InChI=1S/C27H33NO3S/c1-3-4-5-6-7-8-9-13-20-28-26(29)24(21-16-18-22(31-2)19-17-21)25(27(28)30)32-23-14-11-10-12-15-23/h10-12,14-19H,3-9,13,20H2,1-2H3. The first-order valence-electron chi connectivity index (χ1n) is 11.6. The van der Waals surface area contributed by atoms with E-state index in [0.29, 0.717) is 17.0 Å². The van der Waals surface area contributed by atoms with Crippen LogP contribution in [0.5, 0.6) is 5.75 Å².